The van der Waals surface area contributed by atoms with E-state index < -0.39 is 22.7 Å². The predicted molar refractivity (Wildman–Crippen MR) is 107 cm³/mol. The van der Waals surface area contributed by atoms with Crippen LogP contribution in [0.15, 0.2) is 47.8 Å². The Morgan fingerprint density at radius 3 is 2.61 bits per heavy atom. The van der Waals surface area contributed by atoms with Gasteiger partial charge in [-0.3, -0.25) is 14.9 Å². The first kappa shape index (κ1) is 20.5. The summed E-state index contributed by atoms with van der Waals surface area (Å²) in [7, 11) is 0. The molecule has 1 aromatic carbocycles. The molecule has 0 spiro atoms. The van der Waals surface area contributed by atoms with E-state index in [-0.39, 0.29) is 28.4 Å². The molecule has 158 valence electrons. The van der Waals surface area contributed by atoms with Crippen LogP contribution in [0.25, 0.3) is 16.2 Å². The lowest BCUT2D eigenvalue weighted by molar-refractivity contribution is -0.384. The summed E-state index contributed by atoms with van der Waals surface area (Å²) in [6.07, 6.45) is -4.72. The molecule has 12 heteroatoms. The molecule has 0 radical (unpaired) electrons. The maximum Gasteiger partial charge on any atom is 0.433 e. The van der Waals surface area contributed by atoms with E-state index in [2.05, 4.69) is 15.4 Å². The van der Waals surface area contributed by atoms with Crippen molar-refractivity contribution in [3.05, 3.63) is 74.9 Å². The summed E-state index contributed by atoms with van der Waals surface area (Å²) in [4.78, 5) is 27.6. The van der Waals surface area contributed by atoms with Gasteiger partial charge in [-0.1, -0.05) is 6.07 Å². The number of thiophene rings is 1. The summed E-state index contributed by atoms with van der Waals surface area (Å²) in [6, 6.07) is 9.20. The summed E-state index contributed by atoms with van der Waals surface area (Å²) in [5.41, 5.74) is -0.818. The number of nitrogens with one attached hydrogen (secondary N) is 1. The van der Waals surface area contributed by atoms with Crippen LogP contribution in [-0.2, 0) is 6.18 Å². The molecule has 4 rings (SSSR count). The molecule has 0 saturated carbocycles. The number of alkyl halides is 3. The molecular formula is C19H12F3N5O3S. The van der Waals surface area contributed by atoms with Gasteiger partial charge < -0.3 is 5.32 Å². The van der Waals surface area contributed by atoms with Gasteiger partial charge in [0.15, 0.2) is 17.0 Å². The smallest absolute Gasteiger partial charge is 0.320 e. The molecule has 1 amide bonds. The van der Waals surface area contributed by atoms with Crippen LogP contribution in [0.1, 0.15) is 21.7 Å². The number of carbonyl (C=O) groups is 1. The number of non-ortho nitro benzene ring substituents is 1. The van der Waals surface area contributed by atoms with Gasteiger partial charge in [-0.15, -0.1) is 11.3 Å². The minimum Gasteiger partial charge on any atom is -0.320 e. The van der Waals surface area contributed by atoms with Crippen molar-refractivity contribution >= 4 is 34.3 Å². The average Bonchev–Trinajstić information content (AvgIpc) is 3.37. The highest BCUT2D eigenvalue weighted by molar-refractivity contribution is 7.13. The summed E-state index contributed by atoms with van der Waals surface area (Å²) in [5.74, 6) is -0.770. The van der Waals surface area contributed by atoms with E-state index in [0.29, 0.717) is 15.0 Å². The maximum absolute atomic E-state index is 13.6. The molecule has 0 aliphatic carbocycles. The highest BCUT2D eigenvalue weighted by atomic mass is 32.1. The second-order valence-electron chi connectivity index (χ2n) is 6.51. The molecule has 3 aromatic heterocycles. The molecule has 4 aromatic rings. The number of halogens is 3. The molecule has 0 aliphatic rings. The molecule has 0 saturated heterocycles. The van der Waals surface area contributed by atoms with Crippen LogP contribution in [0.5, 0.6) is 0 Å². The van der Waals surface area contributed by atoms with E-state index in [1.165, 1.54) is 29.5 Å². The monoisotopic (exact) mass is 447 g/mol. The molecule has 0 unspecified atom stereocenters. The van der Waals surface area contributed by atoms with Gasteiger partial charge in [0.1, 0.15) is 0 Å². The third kappa shape index (κ3) is 3.97. The molecule has 31 heavy (non-hydrogen) atoms. The second kappa shape index (κ2) is 7.47. The van der Waals surface area contributed by atoms with E-state index in [4.69, 9.17) is 0 Å². The average molecular weight is 447 g/mol. The fourth-order valence-electron chi connectivity index (χ4n) is 2.93. The zero-order valence-electron chi connectivity index (χ0n) is 15.7. The number of benzene rings is 1. The van der Waals surface area contributed by atoms with Gasteiger partial charge in [0.2, 0.25) is 0 Å². The minimum absolute atomic E-state index is 0.118. The van der Waals surface area contributed by atoms with Crippen LogP contribution in [0.3, 0.4) is 0 Å². The largest absolute Gasteiger partial charge is 0.433 e. The van der Waals surface area contributed by atoms with Gasteiger partial charge in [-0.25, -0.2) is 9.50 Å². The van der Waals surface area contributed by atoms with E-state index in [1.807, 2.05) is 0 Å². The summed E-state index contributed by atoms with van der Waals surface area (Å²) >= 11 is 1.24. The number of rotatable bonds is 4. The van der Waals surface area contributed by atoms with Crippen molar-refractivity contribution in [1.29, 1.82) is 0 Å². The van der Waals surface area contributed by atoms with Gasteiger partial charge in [0.25, 0.3) is 11.6 Å². The molecule has 0 fully saturated rings. The molecule has 0 aliphatic heterocycles. The number of anilines is 1. The third-order valence-electron chi connectivity index (χ3n) is 4.39. The lowest BCUT2D eigenvalue weighted by atomic mass is 10.1. The van der Waals surface area contributed by atoms with E-state index in [9.17, 15) is 28.1 Å². The Morgan fingerprint density at radius 1 is 1.23 bits per heavy atom. The zero-order chi connectivity index (χ0) is 22.3. The van der Waals surface area contributed by atoms with Crippen LogP contribution < -0.4 is 5.32 Å². The van der Waals surface area contributed by atoms with Crippen LogP contribution in [0, 0.1) is 17.0 Å². The molecule has 0 bridgehead atoms. The Labute approximate surface area is 176 Å². The van der Waals surface area contributed by atoms with Gasteiger partial charge in [-0.2, -0.15) is 18.3 Å². The second-order valence-corrected chi connectivity index (χ2v) is 7.46. The number of hydrogen-bond donors (Lipinski definition) is 1. The number of aromatic nitrogens is 3. The Hall–Kier alpha value is -3.80. The number of hydrogen-bond acceptors (Lipinski definition) is 6. The van der Waals surface area contributed by atoms with Crippen LogP contribution in [-0.4, -0.2) is 25.4 Å². The van der Waals surface area contributed by atoms with Gasteiger partial charge in [0.05, 0.1) is 15.5 Å². The Kier molecular flexibility index (Phi) is 4.93. The SMILES string of the molecule is Cc1cc([N+](=O)[O-])ccc1NC(=O)c1cc2nc(-c3cccs3)cc(C(F)(F)F)n2n1. The fraction of sp³-hybridized carbons (Fsp3) is 0.105. The number of nitro groups is 1. The molecule has 3 heterocycles. The molecule has 8 nitrogen and oxygen atoms in total. The van der Waals surface area contributed by atoms with Crippen molar-refractivity contribution in [3.8, 4) is 10.6 Å². The lowest BCUT2D eigenvalue weighted by Crippen LogP contribution is -2.16. The van der Waals surface area contributed by atoms with Crippen molar-refractivity contribution in [2.24, 2.45) is 0 Å². The summed E-state index contributed by atoms with van der Waals surface area (Å²) in [5, 5.41) is 18.9. The molecule has 0 atom stereocenters. The third-order valence-corrected chi connectivity index (χ3v) is 5.29. The number of fused-ring (bicyclic) bond motifs is 1. The first-order valence-electron chi connectivity index (χ1n) is 8.72. The van der Waals surface area contributed by atoms with Crippen LogP contribution >= 0.6 is 11.3 Å². The summed E-state index contributed by atoms with van der Waals surface area (Å²) in [6.45, 7) is 1.56. The topological polar surface area (TPSA) is 102 Å². The highest BCUT2D eigenvalue weighted by Gasteiger charge is 2.35. The number of nitro benzene ring substituents is 1. The highest BCUT2D eigenvalue weighted by Crippen LogP contribution is 2.33. The number of nitrogens with zero attached hydrogens (tertiary/aromatic N) is 4. The normalized spacial score (nSPS) is 11.6. The molecular weight excluding hydrogens is 435 g/mol. The maximum atomic E-state index is 13.6. The van der Waals surface area contributed by atoms with Crippen LogP contribution in [0.4, 0.5) is 24.5 Å². The fourth-order valence-corrected chi connectivity index (χ4v) is 3.61. The van der Waals surface area contributed by atoms with Crippen molar-refractivity contribution in [3.63, 3.8) is 0 Å². The lowest BCUT2D eigenvalue weighted by Gasteiger charge is -2.10. The van der Waals surface area contributed by atoms with Gasteiger partial charge in [-0.05, 0) is 36.1 Å². The number of amides is 1. The number of carbonyl (C=O) groups excluding carboxylic acids is 1. The standard InChI is InChI=1S/C19H12F3N5O3S/c1-10-7-11(27(29)30)4-5-12(10)24-18(28)14-9-17-23-13(15-3-2-6-31-15)8-16(19(20,21)22)26(17)25-14/h2-9H,1H3,(H,24,28). The minimum atomic E-state index is -4.72. The van der Waals surface area contributed by atoms with E-state index in [0.717, 1.165) is 12.1 Å². The van der Waals surface area contributed by atoms with Crippen molar-refractivity contribution < 1.29 is 22.9 Å². The Morgan fingerprint density at radius 2 is 2.00 bits per heavy atom. The summed E-state index contributed by atoms with van der Waals surface area (Å²) < 4.78 is 41.4. The van der Waals surface area contributed by atoms with E-state index in [1.54, 1.807) is 24.4 Å². The predicted octanol–water partition coefficient (Wildman–Crippen LogP) is 4.95. The zero-order valence-corrected chi connectivity index (χ0v) is 16.5. The van der Waals surface area contributed by atoms with Crippen molar-refractivity contribution in [2.75, 3.05) is 5.32 Å². The van der Waals surface area contributed by atoms with E-state index >= 15 is 0 Å². The van der Waals surface area contributed by atoms with Crippen molar-refractivity contribution in [1.82, 2.24) is 14.6 Å². The first-order valence-corrected chi connectivity index (χ1v) is 9.60. The Balaban J connectivity index is 1.73. The number of aryl methyl sites for hydroxylation is 1. The van der Waals surface area contributed by atoms with Gasteiger partial charge in [0, 0.05) is 23.9 Å². The Bertz CT molecular complexity index is 1320. The first-order chi connectivity index (χ1) is 14.6. The quantitative estimate of drug-likeness (QED) is 0.352. The van der Waals surface area contributed by atoms with Crippen molar-refractivity contribution in [2.45, 2.75) is 13.1 Å². The molecule has 1 N–H and O–H groups in total. The van der Waals surface area contributed by atoms with Gasteiger partial charge >= 0.3 is 6.18 Å². The van der Waals surface area contributed by atoms with Crippen LogP contribution in [0.2, 0.25) is 0 Å².